The maximum atomic E-state index is 10.4. The molecule has 0 amide bonds. The molecule has 0 saturated heterocycles. The van der Waals surface area contributed by atoms with E-state index in [1.807, 2.05) is 0 Å². The molecule has 0 fully saturated rings. The maximum absolute atomic E-state index is 10.4. The quantitative estimate of drug-likeness (QED) is 0.340. The average molecular weight is 223 g/mol. The second kappa shape index (κ2) is 14.5. The van der Waals surface area contributed by atoms with Gasteiger partial charge in [-0.2, -0.15) is 0 Å². The number of ether oxygens (including phenoxy) is 1. The van der Waals surface area contributed by atoms with Gasteiger partial charge in [-0.05, 0) is 6.42 Å². The van der Waals surface area contributed by atoms with Gasteiger partial charge in [0.2, 0.25) is 0 Å². The molecule has 0 saturated carbocycles. The molecule has 0 bridgehead atoms. The third-order valence-corrected chi connectivity index (χ3v) is 2.30. The van der Waals surface area contributed by atoms with E-state index in [0.29, 0.717) is 6.61 Å². The van der Waals surface area contributed by atoms with E-state index in [2.05, 4.69) is 6.92 Å². The molecule has 0 unspecified atom stereocenters. The summed E-state index contributed by atoms with van der Waals surface area (Å²) in [5.74, 6) is -0.159. The SMILES string of the molecule is CCCCCCCCCCOC(C)=O.[Na]. The van der Waals surface area contributed by atoms with Crippen molar-refractivity contribution in [3.05, 3.63) is 0 Å². The molecule has 0 aromatic heterocycles. The van der Waals surface area contributed by atoms with Gasteiger partial charge >= 0.3 is 5.97 Å². The fourth-order valence-corrected chi connectivity index (χ4v) is 1.45. The van der Waals surface area contributed by atoms with Crippen molar-refractivity contribution in [3.63, 3.8) is 0 Å². The van der Waals surface area contributed by atoms with Crippen LogP contribution < -0.4 is 0 Å². The van der Waals surface area contributed by atoms with E-state index < -0.39 is 0 Å². The zero-order valence-corrected chi connectivity index (χ0v) is 12.7. The zero-order valence-electron chi connectivity index (χ0n) is 10.7. The molecule has 2 nitrogen and oxygen atoms in total. The summed E-state index contributed by atoms with van der Waals surface area (Å²) in [7, 11) is 0. The zero-order chi connectivity index (χ0) is 10.6. The van der Waals surface area contributed by atoms with Gasteiger partial charge in [-0.25, -0.2) is 0 Å². The average Bonchev–Trinajstić information content (AvgIpc) is 2.15. The summed E-state index contributed by atoms with van der Waals surface area (Å²) in [6, 6.07) is 0. The number of rotatable bonds is 9. The van der Waals surface area contributed by atoms with Crippen LogP contribution in [0.25, 0.3) is 0 Å². The maximum Gasteiger partial charge on any atom is 0.302 e. The minimum atomic E-state index is -0.159. The number of hydrogen-bond donors (Lipinski definition) is 0. The minimum Gasteiger partial charge on any atom is -0.466 e. The molecule has 0 N–H and O–H groups in total. The number of carbonyl (C=O) groups excluding carboxylic acids is 1. The number of esters is 1. The Balaban J connectivity index is 0. The predicted molar refractivity (Wildman–Crippen MR) is 65.0 cm³/mol. The molecule has 0 aromatic carbocycles. The molecule has 0 aliphatic carbocycles. The van der Waals surface area contributed by atoms with Crippen molar-refractivity contribution >= 4 is 35.5 Å². The van der Waals surface area contributed by atoms with E-state index >= 15 is 0 Å². The fourth-order valence-electron chi connectivity index (χ4n) is 1.45. The molecule has 15 heavy (non-hydrogen) atoms. The van der Waals surface area contributed by atoms with Gasteiger partial charge in [-0.15, -0.1) is 0 Å². The van der Waals surface area contributed by atoms with Gasteiger partial charge in [0, 0.05) is 36.5 Å². The van der Waals surface area contributed by atoms with Crippen molar-refractivity contribution < 1.29 is 9.53 Å². The van der Waals surface area contributed by atoms with Gasteiger partial charge in [-0.1, -0.05) is 51.9 Å². The first-order chi connectivity index (χ1) is 6.77. The normalized spacial score (nSPS) is 9.47. The molecule has 0 rings (SSSR count). The first-order valence-electron chi connectivity index (χ1n) is 5.90. The molecule has 1 radical (unpaired) electrons. The van der Waals surface area contributed by atoms with Gasteiger partial charge in [0.25, 0.3) is 0 Å². The van der Waals surface area contributed by atoms with Crippen molar-refractivity contribution in [2.24, 2.45) is 0 Å². The van der Waals surface area contributed by atoms with Crippen LogP contribution in [0, 0.1) is 0 Å². The summed E-state index contributed by atoms with van der Waals surface area (Å²) in [6.45, 7) is 4.30. The summed E-state index contributed by atoms with van der Waals surface area (Å²) in [5, 5.41) is 0. The summed E-state index contributed by atoms with van der Waals surface area (Å²) in [5.41, 5.74) is 0. The van der Waals surface area contributed by atoms with Crippen LogP contribution >= 0.6 is 0 Å². The van der Waals surface area contributed by atoms with Crippen molar-refractivity contribution in [3.8, 4) is 0 Å². The van der Waals surface area contributed by atoms with Gasteiger partial charge in [-0.3, -0.25) is 4.79 Å². The minimum absolute atomic E-state index is 0. The van der Waals surface area contributed by atoms with Crippen LogP contribution in [-0.2, 0) is 9.53 Å². The van der Waals surface area contributed by atoms with Crippen LogP contribution in [-0.4, -0.2) is 42.1 Å². The molecule has 0 aliphatic rings. The Morgan fingerprint density at radius 3 is 1.87 bits per heavy atom. The van der Waals surface area contributed by atoms with Crippen LogP contribution in [0.5, 0.6) is 0 Å². The van der Waals surface area contributed by atoms with Crippen molar-refractivity contribution in [2.75, 3.05) is 6.61 Å². The molecule has 0 aromatic rings. The van der Waals surface area contributed by atoms with E-state index in [-0.39, 0.29) is 35.5 Å². The fraction of sp³-hybridized carbons (Fsp3) is 0.917. The van der Waals surface area contributed by atoms with Crippen LogP contribution in [0.4, 0.5) is 0 Å². The van der Waals surface area contributed by atoms with E-state index in [0.717, 1.165) is 6.42 Å². The predicted octanol–water partition coefficient (Wildman–Crippen LogP) is 3.31. The largest absolute Gasteiger partial charge is 0.466 e. The van der Waals surface area contributed by atoms with E-state index in [9.17, 15) is 4.79 Å². The summed E-state index contributed by atoms with van der Waals surface area (Å²) in [6.07, 6.45) is 10.2. The second-order valence-electron chi connectivity index (χ2n) is 3.81. The molecule has 85 valence electrons. The Kier molecular flexibility index (Phi) is 17.2. The number of hydrogen-bond acceptors (Lipinski definition) is 2. The van der Waals surface area contributed by atoms with E-state index in [1.165, 1.54) is 51.9 Å². The Bertz CT molecular complexity index is 138. The van der Waals surface area contributed by atoms with Crippen LogP contribution in [0.2, 0.25) is 0 Å². The van der Waals surface area contributed by atoms with Gasteiger partial charge < -0.3 is 4.74 Å². The molecule has 0 aliphatic heterocycles. The van der Waals surface area contributed by atoms with Gasteiger partial charge in [0.15, 0.2) is 0 Å². The van der Waals surface area contributed by atoms with Crippen molar-refractivity contribution in [1.82, 2.24) is 0 Å². The standard InChI is InChI=1S/C12H24O2.Na/c1-3-4-5-6-7-8-9-10-11-14-12(2)13;/h3-11H2,1-2H3;. The van der Waals surface area contributed by atoms with Crippen molar-refractivity contribution in [1.29, 1.82) is 0 Å². The summed E-state index contributed by atoms with van der Waals surface area (Å²) >= 11 is 0. The Morgan fingerprint density at radius 1 is 0.933 bits per heavy atom. The molecular weight excluding hydrogens is 199 g/mol. The molecular formula is C12H24NaO2. The third kappa shape index (κ3) is 17.1. The smallest absolute Gasteiger partial charge is 0.302 e. The van der Waals surface area contributed by atoms with Gasteiger partial charge in [0.1, 0.15) is 0 Å². The molecule has 0 heterocycles. The van der Waals surface area contributed by atoms with E-state index in [4.69, 9.17) is 4.74 Å². The van der Waals surface area contributed by atoms with Crippen molar-refractivity contribution in [2.45, 2.75) is 65.2 Å². The number of carbonyl (C=O) groups is 1. The third-order valence-electron chi connectivity index (χ3n) is 2.30. The molecule has 0 spiro atoms. The van der Waals surface area contributed by atoms with Crippen LogP contribution in [0.3, 0.4) is 0 Å². The van der Waals surface area contributed by atoms with Gasteiger partial charge in [0.05, 0.1) is 6.61 Å². The summed E-state index contributed by atoms with van der Waals surface area (Å²) in [4.78, 5) is 10.4. The first kappa shape index (κ1) is 17.9. The second-order valence-corrected chi connectivity index (χ2v) is 3.81. The molecule has 0 atom stereocenters. The number of unbranched alkanes of at least 4 members (excludes halogenated alkanes) is 7. The Labute approximate surface area is 116 Å². The first-order valence-corrected chi connectivity index (χ1v) is 5.90. The topological polar surface area (TPSA) is 26.3 Å². The Morgan fingerprint density at radius 2 is 1.40 bits per heavy atom. The monoisotopic (exact) mass is 223 g/mol. The summed E-state index contributed by atoms with van der Waals surface area (Å²) < 4.78 is 4.85. The van der Waals surface area contributed by atoms with Crippen LogP contribution in [0.1, 0.15) is 65.2 Å². The van der Waals surface area contributed by atoms with Crippen LogP contribution in [0.15, 0.2) is 0 Å². The Hall–Kier alpha value is 0.470. The van der Waals surface area contributed by atoms with E-state index in [1.54, 1.807) is 0 Å². The molecule has 3 heteroatoms.